The van der Waals surface area contributed by atoms with Crippen molar-refractivity contribution in [3.05, 3.63) is 58.6 Å². The van der Waals surface area contributed by atoms with Crippen LogP contribution in [0, 0.1) is 0 Å². The van der Waals surface area contributed by atoms with Crippen LogP contribution in [0.3, 0.4) is 0 Å². The first-order valence-electron chi connectivity index (χ1n) is 8.28. The fraction of sp³-hybridized carbons (Fsp3) is 0.316. The highest BCUT2D eigenvalue weighted by atomic mass is 35.5. The fourth-order valence-electron chi connectivity index (χ4n) is 3.28. The van der Waals surface area contributed by atoms with Crippen molar-refractivity contribution in [2.24, 2.45) is 0 Å². The van der Waals surface area contributed by atoms with Crippen LogP contribution in [0.2, 0.25) is 5.02 Å². The number of carbonyl (C=O) groups excluding carboxylic acids is 1. The number of halogens is 4. The van der Waals surface area contributed by atoms with Gasteiger partial charge in [0.1, 0.15) is 0 Å². The summed E-state index contributed by atoms with van der Waals surface area (Å²) in [5.41, 5.74) is 1.08. The van der Waals surface area contributed by atoms with Crippen LogP contribution in [0.5, 0.6) is 0 Å². The van der Waals surface area contributed by atoms with Gasteiger partial charge in [-0.3, -0.25) is 4.79 Å². The fourth-order valence-corrected chi connectivity index (χ4v) is 3.45. The first-order chi connectivity index (χ1) is 12.3. The molecule has 2 aromatic carbocycles. The third-order valence-corrected chi connectivity index (χ3v) is 4.65. The Labute approximate surface area is 154 Å². The maximum Gasteiger partial charge on any atom is 0.418 e. The summed E-state index contributed by atoms with van der Waals surface area (Å²) in [5, 5.41) is 2.73. The van der Waals surface area contributed by atoms with Crippen molar-refractivity contribution in [3.8, 4) is 0 Å². The maximum atomic E-state index is 13.1. The molecule has 0 spiro atoms. The summed E-state index contributed by atoms with van der Waals surface area (Å²) in [5.74, 6) is -0.113. The van der Waals surface area contributed by atoms with Gasteiger partial charge in [-0.2, -0.15) is 13.2 Å². The molecule has 3 nitrogen and oxygen atoms in total. The number of hydrogen-bond donors (Lipinski definition) is 1. The predicted octanol–water partition coefficient (Wildman–Crippen LogP) is 5.14. The minimum atomic E-state index is -4.51. The van der Waals surface area contributed by atoms with Gasteiger partial charge in [-0.15, -0.1) is 0 Å². The molecular weight excluding hydrogens is 365 g/mol. The van der Waals surface area contributed by atoms with Crippen molar-refractivity contribution in [1.82, 2.24) is 0 Å². The van der Waals surface area contributed by atoms with Gasteiger partial charge < -0.3 is 10.2 Å². The summed E-state index contributed by atoms with van der Waals surface area (Å²) in [6, 6.07) is 11.3. The first-order valence-corrected chi connectivity index (χ1v) is 8.66. The Balaban J connectivity index is 1.67. The van der Waals surface area contributed by atoms with Crippen molar-refractivity contribution in [1.29, 1.82) is 0 Å². The molecule has 1 amide bonds. The summed E-state index contributed by atoms with van der Waals surface area (Å²) >= 11 is 5.67. The van der Waals surface area contributed by atoms with E-state index in [4.69, 9.17) is 11.6 Å². The Morgan fingerprint density at radius 1 is 1.27 bits per heavy atom. The third kappa shape index (κ3) is 3.80. The second-order valence-electron chi connectivity index (χ2n) is 6.31. The van der Waals surface area contributed by atoms with Gasteiger partial charge >= 0.3 is 6.18 Å². The molecule has 1 heterocycles. The number of benzene rings is 2. The van der Waals surface area contributed by atoms with Crippen LogP contribution < -0.4 is 10.2 Å². The molecule has 1 aliphatic rings. The third-order valence-electron chi connectivity index (χ3n) is 4.42. The molecule has 0 radical (unpaired) electrons. The van der Waals surface area contributed by atoms with Crippen molar-refractivity contribution in [2.45, 2.75) is 32.0 Å². The summed E-state index contributed by atoms with van der Waals surface area (Å²) in [6.07, 6.45) is -3.64. The van der Waals surface area contributed by atoms with E-state index in [1.807, 2.05) is 31.2 Å². The number of carbonyl (C=O) groups is 1. The quantitative estimate of drug-likeness (QED) is 0.794. The SMILES string of the molecule is CC1Cc2ccccc2N1C(=O)CCNc1ccc(Cl)cc1C(F)(F)F. The van der Waals surface area contributed by atoms with Crippen LogP contribution in [0.1, 0.15) is 24.5 Å². The Morgan fingerprint density at radius 2 is 2.00 bits per heavy atom. The topological polar surface area (TPSA) is 32.3 Å². The number of hydrogen-bond acceptors (Lipinski definition) is 2. The van der Waals surface area contributed by atoms with E-state index in [1.54, 1.807) is 4.90 Å². The molecule has 26 heavy (non-hydrogen) atoms. The lowest BCUT2D eigenvalue weighted by Gasteiger charge is -2.23. The van der Waals surface area contributed by atoms with Gasteiger partial charge in [-0.25, -0.2) is 0 Å². The molecule has 1 N–H and O–H groups in total. The van der Waals surface area contributed by atoms with Gasteiger partial charge in [-0.1, -0.05) is 29.8 Å². The van der Waals surface area contributed by atoms with E-state index >= 15 is 0 Å². The van der Waals surface area contributed by atoms with E-state index in [-0.39, 0.29) is 35.6 Å². The highest BCUT2D eigenvalue weighted by Gasteiger charge is 2.34. The number of rotatable bonds is 4. The average molecular weight is 383 g/mol. The lowest BCUT2D eigenvalue weighted by Crippen LogP contribution is -2.36. The van der Waals surface area contributed by atoms with E-state index in [0.29, 0.717) is 0 Å². The van der Waals surface area contributed by atoms with E-state index < -0.39 is 11.7 Å². The number of fused-ring (bicyclic) bond motifs is 1. The molecule has 0 fully saturated rings. The highest BCUT2D eigenvalue weighted by molar-refractivity contribution is 6.30. The number of amides is 1. The molecule has 0 aromatic heterocycles. The Hall–Kier alpha value is -2.21. The zero-order valence-corrected chi connectivity index (χ0v) is 14.9. The summed E-state index contributed by atoms with van der Waals surface area (Å²) in [7, 11) is 0. The van der Waals surface area contributed by atoms with Crippen LogP contribution in [0.4, 0.5) is 24.5 Å². The van der Waals surface area contributed by atoms with Gasteiger partial charge in [0.15, 0.2) is 0 Å². The van der Waals surface area contributed by atoms with Gasteiger partial charge in [0.2, 0.25) is 5.91 Å². The van der Waals surface area contributed by atoms with Crippen molar-refractivity contribution in [3.63, 3.8) is 0 Å². The monoisotopic (exact) mass is 382 g/mol. The minimum Gasteiger partial charge on any atom is -0.384 e. The molecule has 3 rings (SSSR count). The molecule has 138 valence electrons. The molecule has 1 aliphatic heterocycles. The van der Waals surface area contributed by atoms with E-state index in [2.05, 4.69) is 5.32 Å². The zero-order chi connectivity index (χ0) is 18.9. The summed E-state index contributed by atoms with van der Waals surface area (Å²) < 4.78 is 39.3. The van der Waals surface area contributed by atoms with E-state index in [9.17, 15) is 18.0 Å². The Bertz CT molecular complexity index is 823. The normalized spacial score (nSPS) is 16.5. The van der Waals surface area contributed by atoms with Gasteiger partial charge in [0.25, 0.3) is 0 Å². The van der Waals surface area contributed by atoms with Crippen molar-refractivity contribution in [2.75, 3.05) is 16.8 Å². The number of alkyl halides is 3. The smallest absolute Gasteiger partial charge is 0.384 e. The van der Waals surface area contributed by atoms with Crippen molar-refractivity contribution >= 4 is 28.9 Å². The minimum absolute atomic E-state index is 0.0152. The predicted molar refractivity (Wildman–Crippen MR) is 96.7 cm³/mol. The highest BCUT2D eigenvalue weighted by Crippen LogP contribution is 2.36. The molecule has 7 heteroatoms. The molecule has 1 atom stereocenters. The first kappa shape index (κ1) is 18.6. The lowest BCUT2D eigenvalue weighted by atomic mass is 10.1. The maximum absolute atomic E-state index is 13.1. The number of para-hydroxylation sites is 1. The largest absolute Gasteiger partial charge is 0.418 e. The molecule has 1 unspecified atom stereocenters. The van der Waals surface area contributed by atoms with Crippen LogP contribution in [0.25, 0.3) is 0 Å². The zero-order valence-electron chi connectivity index (χ0n) is 14.1. The average Bonchev–Trinajstić information content (AvgIpc) is 2.91. The summed E-state index contributed by atoms with van der Waals surface area (Å²) in [6.45, 7) is 2.07. The number of anilines is 2. The second kappa shape index (κ2) is 7.19. The van der Waals surface area contributed by atoms with Crippen LogP contribution in [-0.2, 0) is 17.4 Å². The van der Waals surface area contributed by atoms with Crippen molar-refractivity contribution < 1.29 is 18.0 Å². The summed E-state index contributed by atoms with van der Waals surface area (Å²) in [4.78, 5) is 14.3. The second-order valence-corrected chi connectivity index (χ2v) is 6.75. The van der Waals surface area contributed by atoms with Crippen LogP contribution in [0.15, 0.2) is 42.5 Å². The Morgan fingerprint density at radius 3 is 2.73 bits per heavy atom. The van der Waals surface area contributed by atoms with E-state index in [1.165, 1.54) is 12.1 Å². The molecule has 2 aromatic rings. The molecule has 0 saturated heterocycles. The number of nitrogens with one attached hydrogen (secondary N) is 1. The number of nitrogens with zero attached hydrogens (tertiary/aromatic N) is 1. The molecular formula is C19H18ClF3N2O. The van der Waals surface area contributed by atoms with Gasteiger partial charge in [-0.05, 0) is 43.2 Å². The van der Waals surface area contributed by atoms with Crippen LogP contribution in [-0.4, -0.2) is 18.5 Å². The van der Waals surface area contributed by atoms with E-state index in [0.717, 1.165) is 23.7 Å². The van der Waals surface area contributed by atoms with Gasteiger partial charge in [0, 0.05) is 35.4 Å². The van der Waals surface area contributed by atoms with Crippen LogP contribution >= 0.6 is 11.6 Å². The molecule has 0 bridgehead atoms. The Kier molecular flexibility index (Phi) is 5.14. The standard InChI is InChI=1S/C19H18ClF3N2O/c1-12-10-13-4-2-3-5-17(13)25(12)18(26)8-9-24-16-7-6-14(20)11-15(16)19(21,22)23/h2-7,11-12,24H,8-10H2,1H3. The molecule has 0 aliphatic carbocycles. The lowest BCUT2D eigenvalue weighted by molar-refractivity contribution is -0.137. The van der Waals surface area contributed by atoms with Gasteiger partial charge in [0.05, 0.1) is 5.56 Å². The molecule has 0 saturated carbocycles.